The van der Waals surface area contributed by atoms with Crippen molar-refractivity contribution in [3.8, 4) is 0 Å². The largest absolute Gasteiger partial charge is 0.393 e. The number of allylic oxidation sites excluding steroid dienone is 1. The molecule has 0 aromatic heterocycles. The molecule has 3 nitrogen and oxygen atoms in total. The zero-order valence-corrected chi connectivity index (χ0v) is 15.0. The lowest BCUT2D eigenvalue weighted by molar-refractivity contribution is -0.119. The van der Waals surface area contributed by atoms with E-state index in [1.807, 2.05) is 6.08 Å². The van der Waals surface area contributed by atoms with Gasteiger partial charge < -0.3 is 15.3 Å². The van der Waals surface area contributed by atoms with Gasteiger partial charge in [0.2, 0.25) is 0 Å². The van der Waals surface area contributed by atoms with E-state index in [1.165, 1.54) is 5.57 Å². The predicted molar refractivity (Wildman–Crippen MR) is 91.8 cm³/mol. The van der Waals surface area contributed by atoms with Gasteiger partial charge >= 0.3 is 0 Å². The van der Waals surface area contributed by atoms with Crippen molar-refractivity contribution in [3.63, 3.8) is 0 Å². The van der Waals surface area contributed by atoms with E-state index in [0.717, 1.165) is 24.8 Å². The van der Waals surface area contributed by atoms with Crippen LogP contribution >= 0.6 is 0 Å². The summed E-state index contributed by atoms with van der Waals surface area (Å²) in [5.41, 5.74) is 1.66. The van der Waals surface area contributed by atoms with Crippen LogP contribution in [0.5, 0.6) is 0 Å². The third-order valence-electron chi connectivity index (χ3n) is 7.18. The molecule has 1 saturated carbocycles. The van der Waals surface area contributed by atoms with Crippen molar-refractivity contribution in [3.05, 3.63) is 23.8 Å². The Balaban J connectivity index is 2.12. The van der Waals surface area contributed by atoms with E-state index in [4.69, 9.17) is 0 Å². The molecule has 3 aliphatic carbocycles. The maximum atomic E-state index is 10.9. The zero-order chi connectivity index (χ0) is 17.2. The Morgan fingerprint density at radius 1 is 1.09 bits per heavy atom. The average molecular weight is 320 g/mol. The molecular formula is C20H32O3. The van der Waals surface area contributed by atoms with Gasteiger partial charge in [-0.1, -0.05) is 39.3 Å². The summed E-state index contributed by atoms with van der Waals surface area (Å²) >= 11 is 0. The van der Waals surface area contributed by atoms with Gasteiger partial charge in [-0.25, -0.2) is 0 Å². The lowest BCUT2D eigenvalue weighted by atomic mass is 9.46. The maximum absolute atomic E-state index is 10.9. The highest BCUT2D eigenvalue weighted by atomic mass is 16.3. The van der Waals surface area contributed by atoms with Gasteiger partial charge in [-0.15, -0.1) is 6.58 Å². The summed E-state index contributed by atoms with van der Waals surface area (Å²) in [4.78, 5) is 0. The zero-order valence-electron chi connectivity index (χ0n) is 15.0. The summed E-state index contributed by atoms with van der Waals surface area (Å²) in [6.07, 6.45) is 4.29. The first kappa shape index (κ1) is 17.2. The topological polar surface area (TPSA) is 60.7 Å². The Morgan fingerprint density at radius 2 is 1.74 bits per heavy atom. The van der Waals surface area contributed by atoms with Crippen LogP contribution in [0.3, 0.4) is 0 Å². The molecule has 0 amide bonds. The van der Waals surface area contributed by atoms with Gasteiger partial charge in [0.05, 0.1) is 18.3 Å². The molecule has 0 radical (unpaired) electrons. The number of aliphatic hydroxyl groups excluding tert-OH is 3. The van der Waals surface area contributed by atoms with Crippen molar-refractivity contribution in [2.24, 2.45) is 22.2 Å². The number of rotatable bonds is 1. The van der Waals surface area contributed by atoms with Crippen LogP contribution in [0.4, 0.5) is 0 Å². The molecule has 0 aromatic rings. The van der Waals surface area contributed by atoms with Gasteiger partial charge in [-0.05, 0) is 54.4 Å². The second kappa shape index (κ2) is 5.18. The first-order valence-corrected chi connectivity index (χ1v) is 8.95. The minimum Gasteiger partial charge on any atom is -0.393 e. The Kier molecular flexibility index (Phi) is 3.87. The Labute approximate surface area is 140 Å². The molecule has 0 bridgehead atoms. The molecular weight excluding hydrogens is 288 g/mol. The molecule has 0 saturated heterocycles. The smallest absolute Gasteiger partial charge is 0.0841 e. The maximum Gasteiger partial charge on any atom is 0.0841 e. The molecule has 6 atom stereocenters. The van der Waals surface area contributed by atoms with Gasteiger partial charge in [-0.3, -0.25) is 0 Å². The fourth-order valence-electron chi connectivity index (χ4n) is 6.24. The highest BCUT2D eigenvalue weighted by molar-refractivity contribution is 5.37. The van der Waals surface area contributed by atoms with Crippen LogP contribution in [0.25, 0.3) is 0 Å². The molecule has 23 heavy (non-hydrogen) atoms. The molecule has 3 N–H and O–H groups in total. The summed E-state index contributed by atoms with van der Waals surface area (Å²) in [6.45, 7) is 12.5. The average Bonchev–Trinajstić information content (AvgIpc) is 2.41. The van der Waals surface area contributed by atoms with Crippen LogP contribution in [0.1, 0.15) is 59.8 Å². The lowest BCUT2D eigenvalue weighted by Gasteiger charge is -2.60. The molecule has 1 fully saturated rings. The fraction of sp³-hybridized carbons (Fsp3) is 0.800. The van der Waals surface area contributed by atoms with E-state index < -0.39 is 12.2 Å². The SMILES string of the molecule is C=C[C@@]1(C)CCC2=C(C[C@@H](O)[C@H]3C(C)(C)C[C@H](O)C[C@]23C)[C@H]1O. The third-order valence-corrected chi connectivity index (χ3v) is 7.18. The number of aliphatic hydroxyl groups is 3. The summed E-state index contributed by atoms with van der Waals surface area (Å²) in [6, 6.07) is 0. The first-order chi connectivity index (χ1) is 10.5. The number of hydrogen-bond acceptors (Lipinski definition) is 3. The van der Waals surface area contributed by atoms with Crippen LogP contribution in [0.2, 0.25) is 0 Å². The molecule has 0 unspecified atom stereocenters. The monoisotopic (exact) mass is 320 g/mol. The van der Waals surface area contributed by atoms with Gasteiger partial charge in [-0.2, -0.15) is 0 Å². The van der Waals surface area contributed by atoms with Crippen molar-refractivity contribution in [2.75, 3.05) is 0 Å². The molecule has 3 rings (SSSR count). The lowest BCUT2D eigenvalue weighted by Crippen LogP contribution is -2.57. The summed E-state index contributed by atoms with van der Waals surface area (Å²) in [7, 11) is 0. The van der Waals surface area contributed by atoms with Crippen molar-refractivity contribution in [1.29, 1.82) is 0 Å². The van der Waals surface area contributed by atoms with Crippen LogP contribution in [-0.2, 0) is 0 Å². The molecule has 0 heterocycles. The highest BCUT2D eigenvalue weighted by Crippen LogP contribution is 2.62. The van der Waals surface area contributed by atoms with Crippen molar-refractivity contribution in [1.82, 2.24) is 0 Å². The van der Waals surface area contributed by atoms with Crippen LogP contribution < -0.4 is 0 Å². The fourth-order valence-corrected chi connectivity index (χ4v) is 6.24. The van der Waals surface area contributed by atoms with E-state index in [2.05, 4.69) is 34.3 Å². The predicted octanol–water partition coefficient (Wildman–Crippen LogP) is 3.20. The van der Waals surface area contributed by atoms with Gasteiger partial charge in [0.15, 0.2) is 0 Å². The van der Waals surface area contributed by atoms with E-state index in [0.29, 0.717) is 12.8 Å². The minimum atomic E-state index is -0.571. The molecule has 130 valence electrons. The summed E-state index contributed by atoms with van der Waals surface area (Å²) in [5, 5.41) is 32.3. The van der Waals surface area contributed by atoms with Crippen molar-refractivity contribution >= 4 is 0 Å². The minimum absolute atomic E-state index is 0.103. The van der Waals surface area contributed by atoms with Gasteiger partial charge in [0, 0.05) is 5.41 Å². The van der Waals surface area contributed by atoms with Crippen LogP contribution in [-0.4, -0.2) is 33.6 Å². The highest BCUT2D eigenvalue weighted by Gasteiger charge is 2.58. The summed E-state index contributed by atoms with van der Waals surface area (Å²) < 4.78 is 0. The normalized spacial score (nSPS) is 49.3. The van der Waals surface area contributed by atoms with E-state index in [-0.39, 0.29) is 28.3 Å². The van der Waals surface area contributed by atoms with Gasteiger partial charge in [0.25, 0.3) is 0 Å². The van der Waals surface area contributed by atoms with Crippen LogP contribution in [0.15, 0.2) is 23.8 Å². The quantitative estimate of drug-likeness (QED) is 0.650. The molecule has 3 aliphatic rings. The van der Waals surface area contributed by atoms with E-state index >= 15 is 0 Å². The van der Waals surface area contributed by atoms with E-state index in [9.17, 15) is 15.3 Å². The molecule has 0 aromatic carbocycles. The molecule has 3 heteroatoms. The number of hydrogen-bond donors (Lipinski definition) is 3. The standard InChI is InChI=1S/C20H32O3/c1-6-19(4)8-7-14-13(17(19)23)9-15(22)16-18(2,3)10-12(21)11-20(14,16)5/h6,12,15-17,21-23H,1,7-11H2,2-5H3/t12-,15+,16-,17+,19-,20+/m0/s1. The third kappa shape index (κ3) is 2.35. The van der Waals surface area contributed by atoms with Crippen LogP contribution in [0, 0.1) is 22.2 Å². The number of fused-ring (bicyclic) bond motifs is 2. The van der Waals surface area contributed by atoms with E-state index in [1.54, 1.807) is 0 Å². The second-order valence-electron chi connectivity index (χ2n) is 9.33. The summed E-state index contributed by atoms with van der Waals surface area (Å²) in [5.74, 6) is 0.137. The van der Waals surface area contributed by atoms with Crippen molar-refractivity contribution in [2.45, 2.75) is 78.1 Å². The molecule has 0 spiro atoms. The Morgan fingerprint density at radius 3 is 2.35 bits per heavy atom. The first-order valence-electron chi connectivity index (χ1n) is 8.95. The van der Waals surface area contributed by atoms with Crippen molar-refractivity contribution < 1.29 is 15.3 Å². The van der Waals surface area contributed by atoms with Gasteiger partial charge in [0.1, 0.15) is 0 Å². The Bertz CT molecular complexity index is 549. The molecule has 0 aliphatic heterocycles. The Hall–Kier alpha value is -0.640. The second-order valence-corrected chi connectivity index (χ2v) is 9.33.